The van der Waals surface area contributed by atoms with Crippen molar-refractivity contribution in [3.63, 3.8) is 0 Å². The minimum atomic E-state index is -0.828. The van der Waals surface area contributed by atoms with Crippen molar-refractivity contribution in [3.05, 3.63) is 48.0 Å². The van der Waals surface area contributed by atoms with Crippen LogP contribution in [0.2, 0.25) is 0 Å². The molecule has 148 valence electrons. The van der Waals surface area contributed by atoms with Gasteiger partial charge in [-0.3, -0.25) is 4.79 Å². The van der Waals surface area contributed by atoms with Crippen molar-refractivity contribution >= 4 is 17.8 Å². The summed E-state index contributed by atoms with van der Waals surface area (Å²) < 4.78 is 10.2. The summed E-state index contributed by atoms with van der Waals surface area (Å²) in [6.45, 7) is 8.62. The summed E-state index contributed by atoms with van der Waals surface area (Å²) in [7, 11) is 0. The van der Waals surface area contributed by atoms with E-state index < -0.39 is 29.6 Å². The summed E-state index contributed by atoms with van der Waals surface area (Å²) in [5, 5.41) is 2.64. The van der Waals surface area contributed by atoms with Crippen molar-refractivity contribution < 1.29 is 23.9 Å². The molecular weight excluding hydrogens is 346 g/mol. The molecule has 0 saturated heterocycles. The van der Waals surface area contributed by atoms with Gasteiger partial charge in [-0.05, 0) is 46.6 Å². The van der Waals surface area contributed by atoms with Crippen molar-refractivity contribution in [1.82, 2.24) is 5.32 Å². The Hall–Kier alpha value is -2.63. The lowest BCUT2D eigenvalue weighted by atomic mass is 9.89. The first kappa shape index (κ1) is 22.4. The quantitative estimate of drug-likeness (QED) is 0.556. The Balaban J connectivity index is 3.04. The molecule has 2 unspecified atom stereocenters. The molecule has 0 aliphatic rings. The van der Waals surface area contributed by atoms with Gasteiger partial charge in [0.1, 0.15) is 5.60 Å². The van der Waals surface area contributed by atoms with E-state index in [1.807, 2.05) is 30.3 Å². The van der Waals surface area contributed by atoms with Crippen LogP contribution in [0.25, 0.3) is 0 Å². The van der Waals surface area contributed by atoms with Crippen LogP contribution in [-0.4, -0.2) is 36.1 Å². The van der Waals surface area contributed by atoms with E-state index in [9.17, 15) is 14.4 Å². The molecule has 6 heteroatoms. The lowest BCUT2D eigenvalue weighted by Crippen LogP contribution is -2.47. The fourth-order valence-corrected chi connectivity index (χ4v) is 2.52. The van der Waals surface area contributed by atoms with Crippen molar-refractivity contribution in [2.75, 3.05) is 6.61 Å². The summed E-state index contributed by atoms with van der Waals surface area (Å²) in [5.74, 6) is -1.15. The number of rotatable bonds is 8. The molecule has 6 nitrogen and oxygen atoms in total. The third-order valence-electron chi connectivity index (χ3n) is 3.62. The molecule has 0 spiro atoms. The average Bonchev–Trinajstić information content (AvgIpc) is 2.56. The van der Waals surface area contributed by atoms with Crippen molar-refractivity contribution in [1.29, 1.82) is 0 Å². The molecular formula is C21H29NO5. The normalized spacial score (nSPS) is 13.7. The van der Waals surface area contributed by atoms with E-state index in [2.05, 4.69) is 5.32 Å². The zero-order chi connectivity index (χ0) is 20.4. The molecule has 27 heavy (non-hydrogen) atoms. The molecule has 0 radical (unpaired) electrons. The fraction of sp³-hybridized carbons (Fsp3) is 0.476. The average molecular weight is 375 g/mol. The van der Waals surface area contributed by atoms with Crippen molar-refractivity contribution in [2.45, 2.75) is 52.7 Å². The predicted molar refractivity (Wildman–Crippen MR) is 103 cm³/mol. The van der Waals surface area contributed by atoms with Gasteiger partial charge >= 0.3 is 12.1 Å². The first-order valence-electron chi connectivity index (χ1n) is 9.01. The molecule has 1 aromatic carbocycles. The molecule has 0 aliphatic carbocycles. The van der Waals surface area contributed by atoms with Gasteiger partial charge in [-0.15, -0.1) is 0 Å². The third-order valence-corrected chi connectivity index (χ3v) is 3.62. The van der Waals surface area contributed by atoms with Crippen LogP contribution >= 0.6 is 0 Å². The molecule has 1 N–H and O–H groups in total. The Kier molecular flexibility index (Phi) is 8.72. The Morgan fingerprint density at radius 3 is 2.30 bits per heavy atom. The number of esters is 1. The van der Waals surface area contributed by atoms with Crippen LogP contribution in [0.15, 0.2) is 42.5 Å². The molecule has 0 heterocycles. The van der Waals surface area contributed by atoms with Gasteiger partial charge in [0.15, 0.2) is 5.78 Å². The second-order valence-electron chi connectivity index (χ2n) is 7.20. The summed E-state index contributed by atoms with van der Waals surface area (Å²) in [5.41, 5.74) is 0.300. The highest BCUT2D eigenvalue weighted by molar-refractivity contribution is 5.87. The smallest absolute Gasteiger partial charge is 0.408 e. The monoisotopic (exact) mass is 375 g/mol. The minimum absolute atomic E-state index is 0.227. The predicted octanol–water partition coefficient (Wildman–Crippen LogP) is 3.45. The Morgan fingerprint density at radius 1 is 1.15 bits per heavy atom. The van der Waals surface area contributed by atoms with Gasteiger partial charge in [0.2, 0.25) is 0 Å². The Labute approximate surface area is 160 Å². The van der Waals surface area contributed by atoms with Gasteiger partial charge < -0.3 is 14.8 Å². The van der Waals surface area contributed by atoms with Crippen molar-refractivity contribution in [3.8, 4) is 0 Å². The Bertz CT molecular complexity index is 661. The molecule has 0 saturated carbocycles. The summed E-state index contributed by atoms with van der Waals surface area (Å²) in [6.07, 6.45) is 2.69. The molecule has 0 bridgehead atoms. The van der Waals surface area contributed by atoms with Crippen LogP contribution in [0.1, 0.15) is 40.2 Å². The maximum Gasteiger partial charge on any atom is 0.408 e. The van der Waals surface area contributed by atoms with E-state index in [1.165, 1.54) is 13.0 Å². The Morgan fingerprint density at radius 2 is 1.78 bits per heavy atom. The number of hydrogen-bond donors (Lipinski definition) is 1. The second-order valence-corrected chi connectivity index (χ2v) is 7.20. The molecule has 0 fully saturated rings. The number of hydrogen-bond acceptors (Lipinski definition) is 5. The molecule has 1 amide bonds. The van der Waals surface area contributed by atoms with E-state index in [1.54, 1.807) is 33.8 Å². The largest absolute Gasteiger partial charge is 0.463 e. The zero-order valence-corrected chi connectivity index (χ0v) is 16.7. The number of Topliss-reactive ketones (excluding diaryl/α,β-unsaturated/α-hetero) is 1. The summed E-state index contributed by atoms with van der Waals surface area (Å²) >= 11 is 0. The van der Waals surface area contributed by atoms with E-state index in [4.69, 9.17) is 9.47 Å². The lowest BCUT2D eigenvalue weighted by Gasteiger charge is -2.26. The number of amides is 1. The lowest BCUT2D eigenvalue weighted by molar-refractivity contribution is -0.137. The first-order chi connectivity index (χ1) is 12.6. The highest BCUT2D eigenvalue weighted by atomic mass is 16.6. The van der Waals surface area contributed by atoms with Crippen LogP contribution in [0.3, 0.4) is 0 Å². The maximum absolute atomic E-state index is 12.2. The van der Waals surface area contributed by atoms with Gasteiger partial charge in [-0.1, -0.05) is 36.4 Å². The van der Waals surface area contributed by atoms with Gasteiger partial charge in [-0.2, -0.15) is 0 Å². The van der Waals surface area contributed by atoms with Crippen LogP contribution < -0.4 is 5.32 Å². The van der Waals surface area contributed by atoms with E-state index in [0.717, 1.165) is 5.56 Å². The molecule has 2 atom stereocenters. The highest BCUT2D eigenvalue weighted by Crippen LogP contribution is 2.17. The first-order valence-corrected chi connectivity index (χ1v) is 9.01. The fourth-order valence-electron chi connectivity index (χ4n) is 2.52. The summed E-state index contributed by atoms with van der Waals surface area (Å²) in [4.78, 5) is 36.1. The number of carbonyl (C=O) groups excluding carboxylic acids is 3. The van der Waals surface area contributed by atoms with Gasteiger partial charge in [0.25, 0.3) is 0 Å². The van der Waals surface area contributed by atoms with E-state index in [0.29, 0.717) is 6.42 Å². The maximum atomic E-state index is 12.2. The van der Waals surface area contributed by atoms with Crippen LogP contribution in [0.5, 0.6) is 0 Å². The van der Waals surface area contributed by atoms with Crippen LogP contribution in [0, 0.1) is 5.92 Å². The topological polar surface area (TPSA) is 81.7 Å². The van der Waals surface area contributed by atoms with Gasteiger partial charge in [-0.25, -0.2) is 9.59 Å². The van der Waals surface area contributed by atoms with Crippen LogP contribution in [0.4, 0.5) is 4.79 Å². The SMILES string of the molecule is CCOC(=O)/C=C/C(Cc1ccccc1)C(NC(=O)OC(C)(C)C)C(C)=O. The van der Waals surface area contributed by atoms with Crippen LogP contribution in [-0.2, 0) is 25.5 Å². The zero-order valence-electron chi connectivity index (χ0n) is 16.7. The van der Waals surface area contributed by atoms with Crippen molar-refractivity contribution in [2.24, 2.45) is 5.92 Å². The summed E-state index contributed by atoms with van der Waals surface area (Å²) in [6, 6.07) is 8.71. The standard InChI is InChI=1S/C21H29NO5/c1-6-26-18(24)13-12-17(14-16-10-8-7-9-11-16)19(15(2)23)22-20(25)27-21(3,4)5/h7-13,17,19H,6,14H2,1-5H3,(H,22,25)/b13-12+. The number of ether oxygens (including phenoxy) is 2. The number of benzene rings is 1. The van der Waals surface area contributed by atoms with E-state index in [-0.39, 0.29) is 12.4 Å². The van der Waals surface area contributed by atoms with Gasteiger partial charge in [0.05, 0.1) is 12.6 Å². The number of ketones is 1. The van der Waals surface area contributed by atoms with E-state index >= 15 is 0 Å². The molecule has 1 rings (SSSR count). The number of alkyl carbamates (subject to hydrolysis) is 1. The molecule has 0 aliphatic heterocycles. The highest BCUT2D eigenvalue weighted by Gasteiger charge is 2.28. The second kappa shape index (κ2) is 10.5. The molecule has 0 aromatic heterocycles. The third kappa shape index (κ3) is 9.03. The number of nitrogens with one attached hydrogen (secondary N) is 1. The molecule has 1 aromatic rings. The van der Waals surface area contributed by atoms with Gasteiger partial charge in [0, 0.05) is 12.0 Å². The number of carbonyl (C=O) groups is 3. The minimum Gasteiger partial charge on any atom is -0.463 e.